The molecule has 1 saturated heterocycles. The van der Waals surface area contributed by atoms with Gasteiger partial charge in [0.05, 0.1) is 6.42 Å². The van der Waals surface area contributed by atoms with Crippen LogP contribution >= 0.6 is 0 Å². The van der Waals surface area contributed by atoms with E-state index in [4.69, 9.17) is 0 Å². The van der Waals surface area contributed by atoms with Crippen LogP contribution in [0.2, 0.25) is 0 Å². The Morgan fingerprint density at radius 3 is 2.33 bits per heavy atom. The molecule has 0 radical (unpaired) electrons. The van der Waals surface area contributed by atoms with Crippen molar-refractivity contribution in [3.05, 3.63) is 59.7 Å². The smallest absolute Gasteiger partial charge is 0.387 e. The molecule has 0 spiro atoms. The standard InChI is InChI=1S/C20H20F2N2O3/c21-20(22)27-17-9-5-15(6-10-17)13-23-18(25)12-14-3-7-16(8-4-14)24-11-1-2-19(24)26/h3-10,20H,1-2,11-13H2,(H,23,25). The minimum absolute atomic E-state index is 0.0802. The molecule has 0 bridgehead atoms. The van der Waals surface area contributed by atoms with Crippen LogP contribution < -0.4 is 15.0 Å². The van der Waals surface area contributed by atoms with Crippen molar-refractivity contribution >= 4 is 17.5 Å². The molecule has 2 amide bonds. The molecule has 7 heteroatoms. The highest BCUT2D eigenvalue weighted by atomic mass is 19.3. The summed E-state index contributed by atoms with van der Waals surface area (Å²) in [6.45, 7) is -1.82. The van der Waals surface area contributed by atoms with Crippen LogP contribution in [0.5, 0.6) is 5.75 Å². The van der Waals surface area contributed by atoms with Gasteiger partial charge in [-0.2, -0.15) is 8.78 Å². The van der Waals surface area contributed by atoms with Crippen molar-refractivity contribution in [3.63, 3.8) is 0 Å². The van der Waals surface area contributed by atoms with Crippen molar-refractivity contribution in [1.29, 1.82) is 0 Å². The van der Waals surface area contributed by atoms with Gasteiger partial charge < -0.3 is 15.0 Å². The number of halogens is 2. The minimum Gasteiger partial charge on any atom is -0.435 e. The lowest BCUT2D eigenvalue weighted by Crippen LogP contribution is -2.25. The molecule has 142 valence electrons. The third-order valence-corrected chi connectivity index (χ3v) is 4.32. The molecule has 2 aromatic carbocycles. The molecule has 5 nitrogen and oxygen atoms in total. The van der Waals surface area contributed by atoms with E-state index in [0.717, 1.165) is 29.8 Å². The minimum atomic E-state index is -2.86. The van der Waals surface area contributed by atoms with Crippen LogP contribution in [-0.4, -0.2) is 25.0 Å². The predicted octanol–water partition coefficient (Wildman–Crippen LogP) is 3.27. The van der Waals surface area contributed by atoms with Crippen LogP contribution in [0.1, 0.15) is 24.0 Å². The Morgan fingerprint density at radius 2 is 1.74 bits per heavy atom. The van der Waals surface area contributed by atoms with E-state index < -0.39 is 6.61 Å². The van der Waals surface area contributed by atoms with Gasteiger partial charge >= 0.3 is 6.61 Å². The summed E-state index contributed by atoms with van der Waals surface area (Å²) in [6.07, 6.45) is 1.68. The van der Waals surface area contributed by atoms with Gasteiger partial charge in [-0.3, -0.25) is 9.59 Å². The number of ether oxygens (including phenoxy) is 1. The lowest BCUT2D eigenvalue weighted by molar-refractivity contribution is -0.120. The zero-order valence-electron chi connectivity index (χ0n) is 14.7. The van der Waals surface area contributed by atoms with Gasteiger partial charge in [0.15, 0.2) is 0 Å². The number of rotatable bonds is 7. The molecule has 2 aromatic rings. The normalized spacial score (nSPS) is 13.9. The van der Waals surface area contributed by atoms with Crippen LogP contribution in [0, 0.1) is 0 Å². The molecule has 3 rings (SSSR count). The maximum Gasteiger partial charge on any atom is 0.387 e. The van der Waals surface area contributed by atoms with Gasteiger partial charge in [-0.25, -0.2) is 0 Å². The number of alkyl halides is 2. The lowest BCUT2D eigenvalue weighted by atomic mass is 10.1. The van der Waals surface area contributed by atoms with E-state index >= 15 is 0 Å². The average Bonchev–Trinajstić information content (AvgIpc) is 3.07. The van der Waals surface area contributed by atoms with Crippen molar-refractivity contribution in [1.82, 2.24) is 5.32 Å². The summed E-state index contributed by atoms with van der Waals surface area (Å²) in [7, 11) is 0. The number of anilines is 1. The van der Waals surface area contributed by atoms with Crippen molar-refractivity contribution in [2.24, 2.45) is 0 Å². The van der Waals surface area contributed by atoms with Crippen molar-refractivity contribution < 1.29 is 23.1 Å². The summed E-state index contributed by atoms with van der Waals surface area (Å²) in [5.41, 5.74) is 2.49. The number of hydrogen-bond donors (Lipinski definition) is 1. The summed E-state index contributed by atoms with van der Waals surface area (Å²) < 4.78 is 28.5. The van der Waals surface area contributed by atoms with Crippen LogP contribution in [0.3, 0.4) is 0 Å². The number of benzene rings is 2. The Bertz CT molecular complexity index is 792. The van der Waals surface area contributed by atoms with Gasteiger partial charge in [-0.15, -0.1) is 0 Å². The summed E-state index contributed by atoms with van der Waals surface area (Å²) in [6, 6.07) is 13.5. The van der Waals surface area contributed by atoms with Crippen LogP contribution in [0.15, 0.2) is 48.5 Å². The molecule has 0 unspecified atom stereocenters. The Labute approximate surface area is 155 Å². The van der Waals surface area contributed by atoms with Gasteiger partial charge in [0.2, 0.25) is 11.8 Å². The van der Waals surface area contributed by atoms with Crippen LogP contribution in [-0.2, 0) is 22.6 Å². The fourth-order valence-electron chi connectivity index (χ4n) is 2.95. The fraction of sp³-hybridized carbons (Fsp3) is 0.300. The van der Waals surface area contributed by atoms with E-state index in [2.05, 4.69) is 10.1 Å². The lowest BCUT2D eigenvalue weighted by Gasteiger charge is -2.15. The first-order valence-electron chi connectivity index (χ1n) is 8.71. The zero-order valence-corrected chi connectivity index (χ0v) is 14.7. The quantitative estimate of drug-likeness (QED) is 0.809. The third kappa shape index (κ3) is 5.26. The Balaban J connectivity index is 1.48. The maximum atomic E-state index is 12.1. The Morgan fingerprint density at radius 1 is 1.07 bits per heavy atom. The van der Waals surface area contributed by atoms with Crippen molar-refractivity contribution in [3.8, 4) is 5.75 Å². The Hall–Kier alpha value is -2.96. The maximum absolute atomic E-state index is 12.1. The number of carbonyl (C=O) groups excluding carboxylic acids is 2. The molecule has 0 aromatic heterocycles. The molecule has 1 N–H and O–H groups in total. The van der Waals surface area contributed by atoms with Crippen molar-refractivity contribution in [2.45, 2.75) is 32.4 Å². The molecular weight excluding hydrogens is 354 g/mol. The molecule has 1 fully saturated rings. The first-order chi connectivity index (χ1) is 13.0. The first kappa shape index (κ1) is 18.8. The highest BCUT2D eigenvalue weighted by Crippen LogP contribution is 2.21. The molecule has 0 saturated carbocycles. The van der Waals surface area contributed by atoms with Crippen LogP contribution in [0.4, 0.5) is 14.5 Å². The molecule has 0 aliphatic carbocycles. The summed E-state index contributed by atoms with van der Waals surface area (Å²) in [5.74, 6) is 0.0648. The van der Waals surface area contributed by atoms with E-state index in [9.17, 15) is 18.4 Å². The SMILES string of the molecule is O=C(Cc1ccc(N2CCCC2=O)cc1)NCc1ccc(OC(F)F)cc1. The van der Waals surface area contributed by atoms with Crippen LogP contribution in [0.25, 0.3) is 0 Å². The largest absolute Gasteiger partial charge is 0.435 e. The number of nitrogens with one attached hydrogen (secondary N) is 1. The van der Waals surface area contributed by atoms with Crippen molar-refractivity contribution in [2.75, 3.05) is 11.4 Å². The summed E-state index contributed by atoms with van der Waals surface area (Å²) in [4.78, 5) is 25.6. The first-order valence-corrected chi connectivity index (χ1v) is 8.71. The molecule has 1 heterocycles. The zero-order chi connectivity index (χ0) is 19.2. The van der Waals surface area contributed by atoms with E-state index in [1.807, 2.05) is 24.3 Å². The van der Waals surface area contributed by atoms with Gasteiger partial charge in [-0.1, -0.05) is 24.3 Å². The van der Waals surface area contributed by atoms with Gasteiger partial charge in [-0.05, 0) is 41.8 Å². The number of amides is 2. The second-order valence-corrected chi connectivity index (χ2v) is 6.29. The monoisotopic (exact) mass is 374 g/mol. The second kappa shape index (κ2) is 8.62. The van der Waals surface area contributed by atoms with E-state index in [-0.39, 0.29) is 24.0 Å². The Kier molecular flexibility index (Phi) is 6.01. The number of nitrogens with zero attached hydrogens (tertiary/aromatic N) is 1. The third-order valence-electron chi connectivity index (χ3n) is 4.32. The second-order valence-electron chi connectivity index (χ2n) is 6.29. The van der Waals surface area contributed by atoms with Gasteiger partial charge in [0.1, 0.15) is 5.75 Å². The fourth-order valence-corrected chi connectivity index (χ4v) is 2.95. The van der Waals surface area contributed by atoms with E-state index in [1.54, 1.807) is 17.0 Å². The molecule has 1 aliphatic heterocycles. The predicted molar refractivity (Wildman–Crippen MR) is 96.7 cm³/mol. The summed E-state index contributed by atoms with van der Waals surface area (Å²) in [5, 5.41) is 2.79. The molecular formula is C20H20F2N2O3. The molecule has 1 aliphatic rings. The topological polar surface area (TPSA) is 58.6 Å². The highest BCUT2D eigenvalue weighted by molar-refractivity contribution is 5.95. The molecule has 0 atom stereocenters. The van der Waals surface area contributed by atoms with Gasteiger partial charge in [0.25, 0.3) is 0 Å². The molecule has 27 heavy (non-hydrogen) atoms. The van der Waals surface area contributed by atoms with E-state index in [0.29, 0.717) is 13.0 Å². The number of hydrogen-bond acceptors (Lipinski definition) is 3. The number of carbonyl (C=O) groups is 2. The highest BCUT2D eigenvalue weighted by Gasteiger charge is 2.21. The van der Waals surface area contributed by atoms with Gasteiger partial charge in [0, 0.05) is 25.2 Å². The average molecular weight is 374 g/mol. The summed E-state index contributed by atoms with van der Waals surface area (Å²) >= 11 is 0. The van der Waals surface area contributed by atoms with E-state index in [1.165, 1.54) is 12.1 Å².